The molecule has 0 saturated carbocycles. The van der Waals surface area contributed by atoms with E-state index in [1.165, 1.54) is 5.56 Å². The molecule has 0 aliphatic rings. The van der Waals surface area contributed by atoms with Crippen molar-refractivity contribution in [3.05, 3.63) is 34.3 Å². The first-order valence-corrected chi connectivity index (χ1v) is 5.39. The van der Waals surface area contributed by atoms with Crippen molar-refractivity contribution in [2.75, 3.05) is 0 Å². The lowest BCUT2D eigenvalue weighted by atomic mass is 9.96. The van der Waals surface area contributed by atoms with E-state index in [-0.39, 0.29) is 18.4 Å². The Labute approximate surface area is 101 Å². The van der Waals surface area contributed by atoms with Crippen LogP contribution in [0, 0.1) is 5.92 Å². The minimum Gasteiger partial charge on any atom is -0.328 e. The summed E-state index contributed by atoms with van der Waals surface area (Å²) < 4.78 is 1.13. The lowest BCUT2D eigenvalue weighted by molar-refractivity contribution is 0.481. The van der Waals surface area contributed by atoms with Crippen LogP contribution in [0.2, 0.25) is 0 Å². The monoisotopic (exact) mass is 277 g/mol. The van der Waals surface area contributed by atoms with Gasteiger partial charge in [-0.1, -0.05) is 35.0 Å². The van der Waals surface area contributed by atoms with Crippen molar-refractivity contribution in [2.24, 2.45) is 11.7 Å². The van der Waals surface area contributed by atoms with Gasteiger partial charge in [-0.3, -0.25) is 0 Å². The molecule has 1 aromatic carbocycles. The van der Waals surface area contributed by atoms with Gasteiger partial charge in [0.15, 0.2) is 0 Å². The highest BCUT2D eigenvalue weighted by Gasteiger charge is 2.07. The van der Waals surface area contributed by atoms with Crippen molar-refractivity contribution in [1.82, 2.24) is 0 Å². The summed E-state index contributed by atoms with van der Waals surface area (Å²) in [5, 5.41) is 0. The zero-order valence-electron chi connectivity index (χ0n) is 8.53. The molecule has 0 aromatic heterocycles. The molecule has 0 fully saturated rings. The fourth-order valence-corrected chi connectivity index (χ4v) is 1.44. The minimum atomic E-state index is 0. The summed E-state index contributed by atoms with van der Waals surface area (Å²) in [6, 6.07) is 8.70. The lowest BCUT2D eigenvalue weighted by Gasteiger charge is -2.15. The standard InChI is InChI=1S/C11H16BrN.ClH/c1-8(9(2)13)7-10-3-5-11(12)6-4-10;/h3-6,8-9H,7,13H2,1-2H3;1H. The van der Waals surface area contributed by atoms with Gasteiger partial charge in [-0.15, -0.1) is 12.4 Å². The summed E-state index contributed by atoms with van der Waals surface area (Å²) in [6.07, 6.45) is 1.06. The van der Waals surface area contributed by atoms with Gasteiger partial charge in [0.25, 0.3) is 0 Å². The molecule has 80 valence electrons. The molecule has 0 spiro atoms. The lowest BCUT2D eigenvalue weighted by Crippen LogP contribution is -2.25. The molecule has 2 N–H and O–H groups in total. The van der Waals surface area contributed by atoms with Crippen molar-refractivity contribution < 1.29 is 0 Å². The second-order valence-corrected chi connectivity index (χ2v) is 4.58. The fraction of sp³-hybridized carbons (Fsp3) is 0.455. The van der Waals surface area contributed by atoms with Crippen molar-refractivity contribution >= 4 is 28.3 Å². The molecule has 0 radical (unpaired) electrons. The highest BCUT2D eigenvalue weighted by molar-refractivity contribution is 9.10. The van der Waals surface area contributed by atoms with E-state index in [2.05, 4.69) is 54.0 Å². The highest BCUT2D eigenvalue weighted by Crippen LogP contribution is 2.14. The summed E-state index contributed by atoms with van der Waals surface area (Å²) in [5.41, 5.74) is 7.16. The van der Waals surface area contributed by atoms with Crippen molar-refractivity contribution in [2.45, 2.75) is 26.3 Å². The molecule has 1 nitrogen and oxygen atoms in total. The number of hydrogen-bond acceptors (Lipinski definition) is 1. The van der Waals surface area contributed by atoms with Crippen LogP contribution < -0.4 is 5.73 Å². The second kappa shape index (κ2) is 6.44. The van der Waals surface area contributed by atoms with Crippen LogP contribution in [0.25, 0.3) is 0 Å². The topological polar surface area (TPSA) is 26.0 Å². The Kier molecular flexibility index (Phi) is 6.41. The number of rotatable bonds is 3. The zero-order chi connectivity index (χ0) is 9.84. The van der Waals surface area contributed by atoms with Crippen LogP contribution in [0.1, 0.15) is 19.4 Å². The Morgan fingerprint density at radius 1 is 1.21 bits per heavy atom. The maximum Gasteiger partial charge on any atom is 0.0175 e. The highest BCUT2D eigenvalue weighted by atomic mass is 79.9. The van der Waals surface area contributed by atoms with Gasteiger partial charge in [0.1, 0.15) is 0 Å². The molecule has 0 amide bonds. The second-order valence-electron chi connectivity index (χ2n) is 3.67. The van der Waals surface area contributed by atoms with E-state index < -0.39 is 0 Å². The maximum atomic E-state index is 5.80. The van der Waals surface area contributed by atoms with Gasteiger partial charge in [0.05, 0.1) is 0 Å². The van der Waals surface area contributed by atoms with Crippen LogP contribution in [0.15, 0.2) is 28.7 Å². The Bertz CT molecular complexity index is 258. The molecule has 0 heterocycles. The Hall–Kier alpha value is -0.0500. The van der Waals surface area contributed by atoms with Crippen LogP contribution in [0.4, 0.5) is 0 Å². The van der Waals surface area contributed by atoms with Crippen LogP contribution in [0.3, 0.4) is 0 Å². The van der Waals surface area contributed by atoms with Crippen molar-refractivity contribution in [3.63, 3.8) is 0 Å². The van der Waals surface area contributed by atoms with Crippen LogP contribution in [0.5, 0.6) is 0 Å². The molecular formula is C11H17BrClN. The molecule has 2 unspecified atom stereocenters. The first-order chi connectivity index (χ1) is 6.09. The van der Waals surface area contributed by atoms with E-state index in [4.69, 9.17) is 5.73 Å². The van der Waals surface area contributed by atoms with E-state index in [1.54, 1.807) is 0 Å². The molecule has 0 bridgehead atoms. The predicted molar refractivity (Wildman–Crippen MR) is 67.9 cm³/mol. The molecule has 2 atom stereocenters. The number of benzene rings is 1. The van der Waals surface area contributed by atoms with Gasteiger partial charge in [0, 0.05) is 10.5 Å². The zero-order valence-corrected chi connectivity index (χ0v) is 10.9. The smallest absolute Gasteiger partial charge is 0.0175 e. The van der Waals surface area contributed by atoms with Crippen LogP contribution >= 0.6 is 28.3 Å². The predicted octanol–water partition coefficient (Wildman–Crippen LogP) is 3.40. The van der Waals surface area contributed by atoms with Gasteiger partial charge in [-0.05, 0) is 37.0 Å². The van der Waals surface area contributed by atoms with Gasteiger partial charge >= 0.3 is 0 Å². The van der Waals surface area contributed by atoms with E-state index in [1.807, 2.05) is 0 Å². The summed E-state index contributed by atoms with van der Waals surface area (Å²) >= 11 is 3.42. The van der Waals surface area contributed by atoms with Crippen LogP contribution in [-0.4, -0.2) is 6.04 Å². The fourth-order valence-electron chi connectivity index (χ4n) is 1.18. The number of halogens is 2. The third-order valence-corrected chi connectivity index (χ3v) is 2.90. The number of hydrogen-bond donors (Lipinski definition) is 1. The third kappa shape index (κ3) is 4.45. The molecule has 1 rings (SSSR count). The molecule has 14 heavy (non-hydrogen) atoms. The normalized spacial score (nSPS) is 14.3. The molecule has 0 saturated heterocycles. The van der Waals surface area contributed by atoms with Gasteiger partial charge in [0.2, 0.25) is 0 Å². The largest absolute Gasteiger partial charge is 0.328 e. The number of nitrogens with two attached hydrogens (primary N) is 1. The van der Waals surface area contributed by atoms with Crippen molar-refractivity contribution in [3.8, 4) is 0 Å². The van der Waals surface area contributed by atoms with E-state index in [9.17, 15) is 0 Å². The summed E-state index contributed by atoms with van der Waals surface area (Å²) in [6.45, 7) is 4.25. The summed E-state index contributed by atoms with van der Waals surface area (Å²) in [5.74, 6) is 0.543. The first kappa shape index (κ1) is 13.9. The third-order valence-electron chi connectivity index (χ3n) is 2.37. The Morgan fingerprint density at radius 3 is 2.14 bits per heavy atom. The average molecular weight is 279 g/mol. The Morgan fingerprint density at radius 2 is 1.71 bits per heavy atom. The van der Waals surface area contributed by atoms with E-state index >= 15 is 0 Å². The molecule has 1 aromatic rings. The maximum absolute atomic E-state index is 5.80. The quantitative estimate of drug-likeness (QED) is 0.901. The van der Waals surface area contributed by atoms with E-state index in [0.717, 1.165) is 10.9 Å². The molecule has 0 aliphatic heterocycles. The molecule has 3 heteroatoms. The summed E-state index contributed by atoms with van der Waals surface area (Å²) in [4.78, 5) is 0. The average Bonchev–Trinajstić information content (AvgIpc) is 2.08. The summed E-state index contributed by atoms with van der Waals surface area (Å²) in [7, 11) is 0. The SMILES string of the molecule is CC(N)C(C)Cc1ccc(Br)cc1.Cl. The van der Waals surface area contributed by atoms with Gasteiger partial charge < -0.3 is 5.73 Å². The van der Waals surface area contributed by atoms with Crippen LogP contribution in [-0.2, 0) is 6.42 Å². The minimum absolute atomic E-state index is 0. The molecular weight excluding hydrogens is 261 g/mol. The van der Waals surface area contributed by atoms with Gasteiger partial charge in [-0.25, -0.2) is 0 Å². The van der Waals surface area contributed by atoms with Crippen molar-refractivity contribution in [1.29, 1.82) is 0 Å². The Balaban J connectivity index is 0.00000169. The molecule has 0 aliphatic carbocycles. The van der Waals surface area contributed by atoms with Gasteiger partial charge in [-0.2, -0.15) is 0 Å². The van der Waals surface area contributed by atoms with E-state index in [0.29, 0.717) is 5.92 Å². The first-order valence-electron chi connectivity index (χ1n) is 4.59.